The quantitative estimate of drug-likeness (QED) is 0.0116. The van der Waals surface area contributed by atoms with Gasteiger partial charge in [-0.05, 0) is 88.5 Å². The van der Waals surface area contributed by atoms with Gasteiger partial charge in [0.05, 0.1) is 32.3 Å². The molecule has 50 heteroatoms. The maximum absolute atomic E-state index is 14.5. The largest absolute Gasteiger partial charge is 0.481 e. The molecular formula is C58H103N16O31P3. The summed E-state index contributed by atoms with van der Waals surface area (Å²) < 4.78 is 49.3. The van der Waals surface area contributed by atoms with Crippen LogP contribution in [0.2, 0.25) is 0 Å². The van der Waals surface area contributed by atoms with Gasteiger partial charge in [0.15, 0.2) is 5.96 Å². The zero-order chi connectivity index (χ0) is 82.7. The average molecular weight is 1610 g/mol. The van der Waals surface area contributed by atoms with Gasteiger partial charge in [0.1, 0.15) is 66.5 Å². The van der Waals surface area contributed by atoms with Gasteiger partial charge in [0, 0.05) is 25.9 Å². The molecule has 616 valence electrons. The van der Waals surface area contributed by atoms with Crippen LogP contribution in [0.15, 0.2) is 4.99 Å². The highest BCUT2D eigenvalue weighted by Crippen LogP contribution is 2.37. The molecule has 0 saturated carbocycles. The first kappa shape index (κ1) is 97.6. The van der Waals surface area contributed by atoms with Gasteiger partial charge in [-0.2, -0.15) is 0 Å². The third-order valence-corrected chi connectivity index (χ3v) is 17.8. The topological polar surface area (TPSA) is 777 Å². The number of unbranched alkanes of at least 4 members (excludes halogenated alkanes) is 1. The SMILES string of the molecule is CC[C@H](C)[C@H](NC(=O)[C@H](CC(C)C)NC(=O)[C@H](CC(=O)O)NC(=O)[C@H](CCC(=O)O)NC(=O)[C@H](CCCN=C(N)N)NC(=O)[C@H](COP(=O)(O)O)NC(=O)[C@@H](NC(=O)[C@H](COP(=O)(O)O)NC(=O)[C@@H]1CCCN1C(=O)[C@@H](N)CCC(=O)O)[C@@H](C)CC)C(=O)N[C@@H](COP(=O)(O)O)C(=O)N[C@@H](CCCCN)C(=O)O. The number of nitrogens with two attached hydrogens (primary N) is 4. The molecule has 1 rings (SSSR count). The number of nitrogens with one attached hydrogen (secondary N) is 10. The molecular weight excluding hydrogens is 1510 g/mol. The van der Waals surface area contributed by atoms with E-state index in [4.69, 9.17) is 28.0 Å². The molecule has 1 saturated heterocycles. The molecule has 28 N–H and O–H groups in total. The second-order valence-corrected chi connectivity index (χ2v) is 29.3. The zero-order valence-electron chi connectivity index (χ0n) is 60.1. The van der Waals surface area contributed by atoms with Crippen molar-refractivity contribution >= 4 is 118 Å². The Morgan fingerprint density at radius 1 is 0.481 bits per heavy atom. The second kappa shape index (κ2) is 47.5. The summed E-state index contributed by atoms with van der Waals surface area (Å²) in [7, 11) is -16.4. The van der Waals surface area contributed by atoms with Gasteiger partial charge >= 0.3 is 47.3 Å². The number of carbonyl (C=O) groups excluding carboxylic acids is 11. The van der Waals surface area contributed by atoms with Crippen LogP contribution in [0.4, 0.5) is 0 Å². The first-order chi connectivity index (χ1) is 50.0. The number of carbonyl (C=O) groups is 15. The lowest BCUT2D eigenvalue weighted by Gasteiger charge is -2.30. The van der Waals surface area contributed by atoms with Gasteiger partial charge in [-0.1, -0.05) is 54.4 Å². The van der Waals surface area contributed by atoms with E-state index in [0.29, 0.717) is 6.42 Å². The Hall–Kier alpha value is -8.43. The molecule has 0 aliphatic carbocycles. The van der Waals surface area contributed by atoms with Crippen molar-refractivity contribution in [2.24, 2.45) is 45.7 Å². The summed E-state index contributed by atoms with van der Waals surface area (Å²) in [5.74, 6) is -23.3. The highest BCUT2D eigenvalue weighted by atomic mass is 31.2. The number of hydrogen-bond donors (Lipinski definition) is 24. The number of phosphoric acid groups is 3. The highest BCUT2D eigenvalue weighted by Gasteiger charge is 2.42. The van der Waals surface area contributed by atoms with Crippen molar-refractivity contribution in [3.63, 3.8) is 0 Å². The smallest absolute Gasteiger partial charge is 0.469 e. The van der Waals surface area contributed by atoms with Gasteiger partial charge in [-0.25, -0.2) is 18.5 Å². The molecule has 47 nitrogen and oxygen atoms in total. The van der Waals surface area contributed by atoms with E-state index in [-0.39, 0.29) is 77.4 Å². The van der Waals surface area contributed by atoms with Crippen LogP contribution >= 0.6 is 23.5 Å². The first-order valence-corrected chi connectivity index (χ1v) is 38.5. The molecule has 14 atom stereocenters. The van der Waals surface area contributed by atoms with Crippen molar-refractivity contribution < 1.29 is 149 Å². The maximum atomic E-state index is 14.5. The molecule has 1 fully saturated rings. The van der Waals surface area contributed by atoms with Gasteiger partial charge < -0.3 is 131 Å². The summed E-state index contributed by atoms with van der Waals surface area (Å²) in [6.45, 7) is 4.78. The fourth-order valence-electron chi connectivity index (χ4n) is 10.2. The van der Waals surface area contributed by atoms with Crippen molar-refractivity contribution in [1.29, 1.82) is 0 Å². The Morgan fingerprint density at radius 2 is 0.861 bits per heavy atom. The summed E-state index contributed by atoms with van der Waals surface area (Å²) in [6, 6.07) is -22.4. The fraction of sp³-hybridized carbons (Fsp3) is 0.724. The van der Waals surface area contributed by atoms with Crippen LogP contribution in [-0.2, 0) is 99.2 Å². The third kappa shape index (κ3) is 38.6. The van der Waals surface area contributed by atoms with Gasteiger partial charge in [-0.15, -0.1) is 0 Å². The summed E-state index contributed by atoms with van der Waals surface area (Å²) in [4.78, 5) is 265. The van der Waals surface area contributed by atoms with Gasteiger partial charge in [0.2, 0.25) is 65.0 Å². The summed E-state index contributed by atoms with van der Waals surface area (Å²) in [5.41, 5.74) is 22.3. The number of nitrogens with zero attached hydrogens (tertiary/aromatic N) is 2. The van der Waals surface area contributed by atoms with E-state index in [0.717, 1.165) is 4.90 Å². The van der Waals surface area contributed by atoms with Crippen LogP contribution in [0.25, 0.3) is 0 Å². The van der Waals surface area contributed by atoms with Gasteiger partial charge in [-0.3, -0.25) is 85.7 Å². The number of carboxylic acids is 4. The van der Waals surface area contributed by atoms with E-state index < -0.39 is 260 Å². The molecule has 1 heterocycles. The number of phosphoric ester groups is 3. The minimum absolute atomic E-state index is 0.0188. The lowest BCUT2D eigenvalue weighted by atomic mass is 9.96. The Bertz CT molecular complexity index is 3300. The van der Waals surface area contributed by atoms with Crippen molar-refractivity contribution in [2.75, 3.05) is 39.5 Å². The van der Waals surface area contributed by atoms with E-state index in [1.54, 1.807) is 20.8 Å². The van der Waals surface area contributed by atoms with E-state index in [1.165, 1.54) is 20.8 Å². The minimum atomic E-state index is -5.60. The number of rotatable bonds is 53. The van der Waals surface area contributed by atoms with Crippen LogP contribution in [-0.4, -0.2) is 261 Å². The van der Waals surface area contributed by atoms with E-state index in [2.05, 4.69) is 71.7 Å². The van der Waals surface area contributed by atoms with Crippen LogP contribution in [0, 0.1) is 17.8 Å². The Labute approximate surface area is 618 Å². The van der Waals surface area contributed by atoms with E-state index >= 15 is 0 Å². The number of aliphatic carboxylic acids is 4. The number of likely N-dealkylation sites (tertiary alicyclic amines) is 1. The van der Waals surface area contributed by atoms with Gasteiger partial charge in [0.25, 0.3) is 0 Å². The molecule has 1 aliphatic rings. The molecule has 0 radical (unpaired) electrons. The lowest BCUT2D eigenvalue weighted by Crippen LogP contribution is -2.62. The predicted octanol–water partition coefficient (Wildman–Crippen LogP) is -6.91. The zero-order valence-corrected chi connectivity index (χ0v) is 62.8. The number of aliphatic imine (C=N–C) groups is 1. The molecule has 0 spiro atoms. The summed E-state index contributed by atoms with van der Waals surface area (Å²) >= 11 is 0. The molecule has 0 unspecified atom stereocenters. The molecule has 0 aromatic heterocycles. The average Bonchev–Trinajstić information content (AvgIpc) is 1.62. The first-order valence-electron chi connectivity index (χ1n) is 33.9. The molecule has 11 amide bonds. The maximum Gasteiger partial charge on any atom is 0.469 e. The Kier molecular flexibility index (Phi) is 42.9. The van der Waals surface area contributed by atoms with Crippen LogP contribution in [0.1, 0.15) is 138 Å². The van der Waals surface area contributed by atoms with Crippen molar-refractivity contribution in [1.82, 2.24) is 58.1 Å². The van der Waals surface area contributed by atoms with Crippen molar-refractivity contribution in [3.8, 4) is 0 Å². The predicted molar refractivity (Wildman–Crippen MR) is 371 cm³/mol. The van der Waals surface area contributed by atoms with E-state index in [9.17, 15) is 130 Å². The Morgan fingerprint density at radius 3 is 1.28 bits per heavy atom. The van der Waals surface area contributed by atoms with Crippen molar-refractivity contribution in [2.45, 2.75) is 210 Å². The monoisotopic (exact) mass is 1610 g/mol. The summed E-state index contributed by atoms with van der Waals surface area (Å²) in [5, 5.41) is 60.7. The standard InChI is InChI=1S/C58H103N16O31P3/c1-7-29(5)44(54(89)71-38(26-104-107(97,98)99)51(86)66-34(57(92)93)13-9-10-20-59)72-49(84)35(23-28(3)4)67-48(83)36(24-43(79)80)68-47(82)33(17-19-42(77)78)65-46(81)32(14-11-21-63-58(61)62)64-50(85)37(25-103-106(94,95)96)70-55(90)45(30(6)8-2)73-52(87)39(27-105-108(100,101)102)69-53(88)40-15-12-22-74(40)56(91)31(60)16-18-41(75)76/h28-40,44-45H,7-27,59-60H2,1-6H3,(H,64,85)(H,65,81)(H,66,86)(H,67,83)(H,68,82)(H,69,88)(H,70,90)(H,71,89)(H,72,84)(H,73,87)(H,75,76)(H,77,78)(H,79,80)(H,92,93)(H4,61,62,63)(H2,94,95,96)(H2,97,98,99)(H2,100,101,102)/t29-,30-,31-,32-,33-,34-,35-,36-,37-,38-,39-,40-,44-,45-/m0/s1. The van der Waals surface area contributed by atoms with E-state index in [1.807, 2.05) is 0 Å². The molecule has 0 aromatic rings. The van der Waals surface area contributed by atoms with Crippen molar-refractivity contribution in [3.05, 3.63) is 0 Å². The molecule has 1 aliphatic heterocycles. The van der Waals surface area contributed by atoms with Crippen LogP contribution in [0.3, 0.4) is 0 Å². The second-order valence-electron chi connectivity index (χ2n) is 25.6. The third-order valence-electron chi connectivity index (χ3n) is 16.3. The number of amides is 11. The highest BCUT2D eigenvalue weighted by molar-refractivity contribution is 7.46. The lowest BCUT2D eigenvalue weighted by molar-refractivity contribution is -0.143. The molecule has 0 bridgehead atoms. The minimum Gasteiger partial charge on any atom is -0.481 e. The normalized spacial score (nSPS) is 16.7. The molecule has 0 aromatic carbocycles. The van der Waals surface area contributed by atoms with Crippen LogP contribution < -0.4 is 76.1 Å². The number of guanidine groups is 1. The van der Waals surface area contributed by atoms with Crippen LogP contribution in [0.5, 0.6) is 0 Å². The Balaban J connectivity index is 3.84. The summed E-state index contributed by atoms with van der Waals surface area (Å²) in [6.07, 6.45) is -4.49. The number of carboxylic acid groups (broad SMARTS) is 4. The fourth-order valence-corrected chi connectivity index (χ4v) is 11.2. The molecule has 108 heavy (non-hydrogen) atoms. The number of hydrogen-bond acceptors (Lipinski definition) is 24.